The molecule has 2 N–H and O–H groups in total. The first-order valence-corrected chi connectivity index (χ1v) is 8.46. The van der Waals surface area contributed by atoms with Crippen LogP contribution in [0.3, 0.4) is 0 Å². The average Bonchev–Trinajstić information content (AvgIpc) is 2.97. The van der Waals surface area contributed by atoms with Gasteiger partial charge in [0.05, 0.1) is 16.3 Å². The Morgan fingerprint density at radius 1 is 1.19 bits per heavy atom. The number of hydrogen-bond acceptors (Lipinski definition) is 4. The van der Waals surface area contributed by atoms with Gasteiger partial charge in [0.1, 0.15) is 5.75 Å². The third-order valence-electron chi connectivity index (χ3n) is 3.38. The molecular weight excluding hydrogens is 367 g/mol. The Labute approximate surface area is 151 Å². The molecule has 26 heavy (non-hydrogen) atoms. The molecule has 0 spiro atoms. The minimum absolute atomic E-state index is 0.292. The van der Waals surface area contributed by atoms with E-state index in [-0.39, 0.29) is 11.7 Å². The molecular formula is C17H14F3N3O2S. The molecule has 0 aliphatic carbocycles. The van der Waals surface area contributed by atoms with E-state index in [4.69, 9.17) is 0 Å². The standard InChI is InChI=1S/C17H14F3N3O2S/c1-10(26-16-22-13-4-2-3-5-14(13)23-16)15(24)21-11-6-8-12(9-7-11)25-17(18,19)20/h2-10H,1H3,(H,21,24)(H,22,23). The zero-order valence-corrected chi connectivity index (χ0v) is 14.3. The van der Waals surface area contributed by atoms with Crippen LogP contribution in [0.2, 0.25) is 0 Å². The Hall–Kier alpha value is -2.68. The van der Waals surface area contributed by atoms with Crippen LogP contribution in [-0.4, -0.2) is 27.5 Å². The SMILES string of the molecule is CC(Sc1nc2ccccc2[nH]1)C(=O)Nc1ccc(OC(F)(F)F)cc1. The number of fused-ring (bicyclic) bond motifs is 1. The molecule has 1 aromatic heterocycles. The van der Waals surface area contributed by atoms with Crippen molar-refractivity contribution in [1.29, 1.82) is 0 Å². The first kappa shape index (κ1) is 18.1. The number of benzene rings is 2. The molecule has 0 aliphatic rings. The highest BCUT2D eigenvalue weighted by Crippen LogP contribution is 2.26. The topological polar surface area (TPSA) is 67.0 Å². The van der Waals surface area contributed by atoms with Crippen molar-refractivity contribution in [2.24, 2.45) is 0 Å². The summed E-state index contributed by atoms with van der Waals surface area (Å²) in [6.45, 7) is 1.72. The number of ether oxygens (including phenoxy) is 1. The number of para-hydroxylation sites is 2. The zero-order valence-electron chi connectivity index (χ0n) is 13.5. The van der Waals surface area contributed by atoms with Gasteiger partial charge < -0.3 is 15.0 Å². The number of halogens is 3. The fourth-order valence-corrected chi connectivity index (χ4v) is 3.01. The van der Waals surface area contributed by atoms with Gasteiger partial charge in [0.25, 0.3) is 0 Å². The molecule has 0 saturated carbocycles. The first-order chi connectivity index (χ1) is 12.3. The minimum Gasteiger partial charge on any atom is -0.406 e. The molecule has 5 nitrogen and oxygen atoms in total. The minimum atomic E-state index is -4.75. The van der Waals surface area contributed by atoms with Crippen LogP contribution in [0.25, 0.3) is 11.0 Å². The number of anilines is 1. The third kappa shape index (κ3) is 4.69. The highest BCUT2D eigenvalue weighted by Gasteiger charge is 2.31. The largest absolute Gasteiger partial charge is 0.573 e. The van der Waals surface area contributed by atoms with E-state index in [0.29, 0.717) is 10.8 Å². The highest BCUT2D eigenvalue weighted by molar-refractivity contribution is 8.00. The number of carbonyl (C=O) groups is 1. The molecule has 0 fully saturated rings. The molecule has 0 saturated heterocycles. The predicted octanol–water partition coefficient (Wildman–Crippen LogP) is 4.58. The molecule has 3 rings (SSSR count). The van der Waals surface area contributed by atoms with E-state index in [9.17, 15) is 18.0 Å². The number of aromatic nitrogens is 2. The van der Waals surface area contributed by atoms with Gasteiger partial charge in [-0.15, -0.1) is 13.2 Å². The number of amides is 1. The van der Waals surface area contributed by atoms with Crippen LogP contribution >= 0.6 is 11.8 Å². The molecule has 1 unspecified atom stereocenters. The summed E-state index contributed by atoms with van der Waals surface area (Å²) in [4.78, 5) is 19.8. The van der Waals surface area contributed by atoms with E-state index < -0.39 is 11.6 Å². The lowest BCUT2D eigenvalue weighted by Crippen LogP contribution is -2.22. The van der Waals surface area contributed by atoms with Crippen LogP contribution < -0.4 is 10.1 Å². The van der Waals surface area contributed by atoms with Gasteiger partial charge in [0.2, 0.25) is 5.91 Å². The normalized spacial score (nSPS) is 12.8. The predicted molar refractivity (Wildman–Crippen MR) is 93.2 cm³/mol. The van der Waals surface area contributed by atoms with Crippen molar-refractivity contribution >= 4 is 34.4 Å². The number of alkyl halides is 3. The fraction of sp³-hybridized carbons (Fsp3) is 0.176. The second kappa shape index (κ2) is 7.28. The number of thioether (sulfide) groups is 1. The van der Waals surface area contributed by atoms with Crippen molar-refractivity contribution in [2.75, 3.05) is 5.32 Å². The lowest BCUT2D eigenvalue weighted by Gasteiger charge is -2.12. The van der Waals surface area contributed by atoms with Crippen LogP contribution in [0.15, 0.2) is 53.7 Å². The molecule has 1 atom stereocenters. The number of aromatic amines is 1. The fourth-order valence-electron chi connectivity index (χ4n) is 2.19. The van der Waals surface area contributed by atoms with E-state index in [1.807, 2.05) is 24.3 Å². The quantitative estimate of drug-likeness (QED) is 0.635. The van der Waals surface area contributed by atoms with Gasteiger partial charge in [-0.3, -0.25) is 4.79 Å². The van der Waals surface area contributed by atoms with Gasteiger partial charge in [0.15, 0.2) is 5.16 Å². The van der Waals surface area contributed by atoms with Gasteiger partial charge in [-0.1, -0.05) is 23.9 Å². The zero-order chi connectivity index (χ0) is 18.7. The van der Waals surface area contributed by atoms with Crippen LogP contribution in [-0.2, 0) is 4.79 Å². The Morgan fingerprint density at radius 2 is 1.88 bits per heavy atom. The number of H-pyrrole nitrogens is 1. The summed E-state index contributed by atoms with van der Waals surface area (Å²) in [6.07, 6.45) is -4.75. The maximum Gasteiger partial charge on any atom is 0.573 e. The lowest BCUT2D eigenvalue weighted by molar-refractivity contribution is -0.274. The van der Waals surface area contributed by atoms with Crippen molar-refractivity contribution < 1.29 is 22.7 Å². The number of hydrogen-bond donors (Lipinski definition) is 2. The monoisotopic (exact) mass is 381 g/mol. The molecule has 1 amide bonds. The molecule has 0 bridgehead atoms. The second-order valence-corrected chi connectivity index (χ2v) is 6.71. The molecule has 9 heteroatoms. The summed E-state index contributed by atoms with van der Waals surface area (Å²) in [5.74, 6) is -0.639. The van der Waals surface area contributed by atoms with E-state index in [1.54, 1.807) is 6.92 Å². The summed E-state index contributed by atoms with van der Waals surface area (Å²) >= 11 is 1.26. The van der Waals surface area contributed by atoms with Gasteiger partial charge >= 0.3 is 6.36 Å². The summed E-state index contributed by atoms with van der Waals surface area (Å²) in [6, 6.07) is 12.5. The summed E-state index contributed by atoms with van der Waals surface area (Å²) < 4.78 is 40.2. The van der Waals surface area contributed by atoms with Crippen molar-refractivity contribution in [1.82, 2.24) is 9.97 Å². The lowest BCUT2D eigenvalue weighted by atomic mass is 10.3. The van der Waals surface area contributed by atoms with Crippen LogP contribution in [0, 0.1) is 0 Å². The summed E-state index contributed by atoms with van der Waals surface area (Å²) in [5, 5.41) is 2.80. The molecule has 136 valence electrons. The number of nitrogens with zero attached hydrogens (tertiary/aromatic N) is 1. The summed E-state index contributed by atoms with van der Waals surface area (Å²) in [5.41, 5.74) is 2.06. The number of carbonyl (C=O) groups excluding carboxylic acids is 1. The molecule has 1 heterocycles. The Bertz CT molecular complexity index is 877. The molecule has 3 aromatic rings. The smallest absolute Gasteiger partial charge is 0.406 e. The van der Waals surface area contributed by atoms with Crippen molar-refractivity contribution in [3.05, 3.63) is 48.5 Å². The maximum absolute atomic E-state index is 12.3. The van der Waals surface area contributed by atoms with Crippen LogP contribution in [0.4, 0.5) is 18.9 Å². The van der Waals surface area contributed by atoms with Crippen molar-refractivity contribution in [2.45, 2.75) is 23.7 Å². The van der Waals surface area contributed by atoms with Gasteiger partial charge in [-0.2, -0.15) is 0 Å². The summed E-state index contributed by atoms with van der Waals surface area (Å²) in [7, 11) is 0. The van der Waals surface area contributed by atoms with Crippen molar-refractivity contribution in [3.63, 3.8) is 0 Å². The van der Waals surface area contributed by atoms with E-state index in [2.05, 4.69) is 20.0 Å². The van der Waals surface area contributed by atoms with Gasteiger partial charge in [-0.05, 0) is 43.3 Å². The first-order valence-electron chi connectivity index (χ1n) is 7.58. The third-order valence-corrected chi connectivity index (χ3v) is 4.36. The van der Waals surface area contributed by atoms with E-state index in [0.717, 1.165) is 23.2 Å². The average molecular weight is 381 g/mol. The Balaban J connectivity index is 1.60. The molecule has 0 aliphatic heterocycles. The maximum atomic E-state index is 12.3. The molecule has 2 aromatic carbocycles. The number of rotatable bonds is 5. The van der Waals surface area contributed by atoms with Gasteiger partial charge in [0, 0.05) is 5.69 Å². The highest BCUT2D eigenvalue weighted by atomic mass is 32.2. The van der Waals surface area contributed by atoms with Crippen molar-refractivity contribution in [3.8, 4) is 5.75 Å². The van der Waals surface area contributed by atoms with E-state index in [1.165, 1.54) is 23.9 Å². The Morgan fingerprint density at radius 3 is 2.54 bits per heavy atom. The van der Waals surface area contributed by atoms with Crippen LogP contribution in [0.5, 0.6) is 5.75 Å². The number of nitrogens with one attached hydrogen (secondary N) is 2. The number of imidazole rings is 1. The van der Waals surface area contributed by atoms with E-state index >= 15 is 0 Å². The Kier molecular flexibility index (Phi) is 5.08. The van der Waals surface area contributed by atoms with Crippen LogP contribution in [0.1, 0.15) is 6.92 Å². The molecule has 0 radical (unpaired) electrons. The second-order valence-electron chi connectivity index (χ2n) is 5.38. The van der Waals surface area contributed by atoms with Gasteiger partial charge in [-0.25, -0.2) is 4.98 Å².